The molecule has 0 aliphatic carbocycles. The van der Waals surface area contributed by atoms with Gasteiger partial charge in [0.2, 0.25) is 0 Å². The minimum absolute atomic E-state index is 0.0771. The molecular weight excluding hydrogens is 241 g/mol. The van der Waals surface area contributed by atoms with Crippen LogP contribution in [0.1, 0.15) is 12.8 Å². The summed E-state index contributed by atoms with van der Waals surface area (Å²) in [5.41, 5.74) is 0. The van der Waals surface area contributed by atoms with Crippen LogP contribution in [0, 0.1) is 0 Å². The molecule has 0 bridgehead atoms. The van der Waals surface area contributed by atoms with Crippen molar-refractivity contribution in [1.29, 1.82) is 0 Å². The lowest BCUT2D eigenvalue weighted by molar-refractivity contribution is -0.293. The maximum absolute atomic E-state index is 11.6. The largest absolute Gasteiger partial charge is 0.439 e. The Kier molecular flexibility index (Phi) is 5.86. The molecule has 1 atom stereocenters. The third kappa shape index (κ3) is 5.79. The molecule has 0 spiro atoms. The summed E-state index contributed by atoms with van der Waals surface area (Å²) in [5, 5.41) is 9.05. The number of aliphatic hydroxyl groups is 1. The van der Waals surface area contributed by atoms with E-state index in [1.807, 2.05) is 0 Å². The first kappa shape index (κ1) is 12.2. The predicted octanol–water partition coefficient (Wildman–Crippen LogP) is 2.06. The molecule has 0 radical (unpaired) electrons. The minimum atomic E-state index is -4.67. The molecule has 1 unspecified atom stereocenters. The van der Waals surface area contributed by atoms with E-state index in [-0.39, 0.29) is 6.61 Å². The number of hydrogen-bond acceptors (Lipinski definition) is 2. The molecule has 0 saturated carbocycles. The lowest BCUT2D eigenvalue weighted by Gasteiger charge is -2.14. The van der Waals surface area contributed by atoms with E-state index in [0.29, 0.717) is 6.42 Å². The average molecular weight is 251 g/mol. The number of hydrogen-bond donors (Lipinski definition) is 1. The first-order valence-corrected chi connectivity index (χ1v) is 4.53. The Hall–Kier alpha value is 0.190. The molecule has 12 heavy (non-hydrogen) atoms. The van der Waals surface area contributed by atoms with Gasteiger partial charge in [0.15, 0.2) is 0 Å². The Labute approximate surface area is 76.8 Å². The highest BCUT2D eigenvalue weighted by atomic mass is 79.9. The van der Waals surface area contributed by atoms with Crippen LogP contribution < -0.4 is 0 Å². The van der Waals surface area contributed by atoms with Gasteiger partial charge in [-0.2, -0.15) is 13.2 Å². The highest BCUT2D eigenvalue weighted by Gasteiger charge is 2.39. The van der Waals surface area contributed by atoms with Crippen LogP contribution in [-0.4, -0.2) is 29.5 Å². The number of halogens is 4. The van der Waals surface area contributed by atoms with Gasteiger partial charge in [-0.1, -0.05) is 15.9 Å². The number of alkyl halides is 4. The molecule has 0 aliphatic heterocycles. The van der Waals surface area contributed by atoms with Crippen molar-refractivity contribution in [3.8, 4) is 0 Å². The molecule has 0 fully saturated rings. The molecule has 0 aromatic carbocycles. The molecule has 0 heterocycles. The second-order valence-corrected chi connectivity index (χ2v) is 2.95. The van der Waals surface area contributed by atoms with E-state index in [0.717, 1.165) is 11.8 Å². The number of aliphatic hydroxyl groups excluding tert-OH is 1. The van der Waals surface area contributed by atoms with Crippen LogP contribution in [0.25, 0.3) is 0 Å². The van der Waals surface area contributed by atoms with Crippen molar-refractivity contribution in [2.24, 2.45) is 0 Å². The van der Waals surface area contributed by atoms with Crippen molar-refractivity contribution >= 4 is 15.9 Å². The minimum Gasteiger partial charge on any atom is -0.361 e. The van der Waals surface area contributed by atoms with Gasteiger partial charge in [0.25, 0.3) is 6.29 Å². The van der Waals surface area contributed by atoms with Crippen molar-refractivity contribution in [1.82, 2.24) is 0 Å². The molecule has 1 N–H and O–H groups in total. The van der Waals surface area contributed by atoms with E-state index in [2.05, 4.69) is 20.7 Å². The summed E-state index contributed by atoms with van der Waals surface area (Å²) < 4.78 is 38.8. The van der Waals surface area contributed by atoms with Gasteiger partial charge in [0, 0.05) is 5.33 Å². The summed E-state index contributed by atoms with van der Waals surface area (Å²) in [6, 6.07) is 0. The van der Waals surface area contributed by atoms with Crippen molar-refractivity contribution in [3.63, 3.8) is 0 Å². The van der Waals surface area contributed by atoms with Gasteiger partial charge < -0.3 is 9.84 Å². The lowest BCUT2D eigenvalue weighted by atomic mass is 10.4. The monoisotopic (exact) mass is 250 g/mol. The summed E-state index contributed by atoms with van der Waals surface area (Å²) in [7, 11) is 0. The molecular formula is C6H10BrF3O2. The van der Waals surface area contributed by atoms with Crippen LogP contribution >= 0.6 is 15.9 Å². The zero-order valence-electron chi connectivity index (χ0n) is 6.27. The van der Waals surface area contributed by atoms with E-state index in [9.17, 15) is 13.2 Å². The predicted molar refractivity (Wildman–Crippen MR) is 41.0 cm³/mol. The van der Waals surface area contributed by atoms with Crippen molar-refractivity contribution in [3.05, 3.63) is 0 Å². The van der Waals surface area contributed by atoms with Crippen molar-refractivity contribution < 1.29 is 23.0 Å². The van der Waals surface area contributed by atoms with Crippen LogP contribution in [0.15, 0.2) is 0 Å². The molecule has 74 valence electrons. The molecule has 2 nitrogen and oxygen atoms in total. The lowest BCUT2D eigenvalue weighted by Crippen LogP contribution is -2.31. The third-order valence-corrected chi connectivity index (χ3v) is 1.64. The Morgan fingerprint density at radius 2 is 1.92 bits per heavy atom. The third-order valence-electron chi connectivity index (χ3n) is 1.08. The normalized spacial score (nSPS) is 14.8. The number of ether oxygens (including phenoxy) is 1. The van der Waals surface area contributed by atoms with Crippen LogP contribution in [0.2, 0.25) is 0 Å². The average Bonchev–Trinajstić information content (AvgIpc) is 1.96. The zero-order chi connectivity index (χ0) is 9.61. The van der Waals surface area contributed by atoms with Crippen LogP contribution in [0.4, 0.5) is 13.2 Å². The van der Waals surface area contributed by atoms with Crippen molar-refractivity contribution in [2.75, 3.05) is 11.9 Å². The highest BCUT2D eigenvalue weighted by molar-refractivity contribution is 9.09. The Morgan fingerprint density at radius 3 is 2.33 bits per heavy atom. The van der Waals surface area contributed by atoms with Gasteiger partial charge >= 0.3 is 6.18 Å². The summed E-state index contributed by atoms with van der Waals surface area (Å²) in [5.74, 6) is 0. The van der Waals surface area contributed by atoms with E-state index in [4.69, 9.17) is 5.11 Å². The fourth-order valence-electron chi connectivity index (χ4n) is 0.486. The van der Waals surface area contributed by atoms with E-state index in [1.54, 1.807) is 0 Å². The molecule has 0 aliphatic rings. The summed E-state index contributed by atoms with van der Waals surface area (Å²) in [4.78, 5) is 0. The topological polar surface area (TPSA) is 29.5 Å². The fraction of sp³-hybridized carbons (Fsp3) is 1.00. The van der Waals surface area contributed by atoms with Gasteiger partial charge in [-0.3, -0.25) is 0 Å². The fourth-order valence-corrected chi connectivity index (χ4v) is 0.883. The SMILES string of the molecule is OC(OCCCCBr)C(F)(F)F. The number of unbranched alkanes of at least 4 members (excludes halogenated alkanes) is 1. The maximum atomic E-state index is 11.6. The number of rotatable bonds is 5. The van der Waals surface area contributed by atoms with Gasteiger partial charge in [-0.05, 0) is 12.8 Å². The van der Waals surface area contributed by atoms with Gasteiger partial charge in [0.05, 0.1) is 6.61 Å². The van der Waals surface area contributed by atoms with Crippen LogP contribution in [0.3, 0.4) is 0 Å². The van der Waals surface area contributed by atoms with Gasteiger partial charge in [0.1, 0.15) is 0 Å². The molecule has 0 saturated heterocycles. The maximum Gasteiger partial charge on any atom is 0.439 e. The second kappa shape index (κ2) is 5.77. The summed E-state index contributed by atoms with van der Waals surface area (Å²) in [6.07, 6.45) is -6.09. The first-order valence-electron chi connectivity index (χ1n) is 3.41. The van der Waals surface area contributed by atoms with Crippen LogP contribution in [0.5, 0.6) is 0 Å². The Morgan fingerprint density at radius 1 is 1.33 bits per heavy atom. The smallest absolute Gasteiger partial charge is 0.361 e. The molecule has 0 rings (SSSR count). The molecule has 6 heteroatoms. The molecule has 0 aromatic rings. The van der Waals surface area contributed by atoms with E-state index in [1.165, 1.54) is 0 Å². The van der Waals surface area contributed by atoms with Crippen LogP contribution in [-0.2, 0) is 4.74 Å². The molecule has 0 amide bonds. The zero-order valence-corrected chi connectivity index (χ0v) is 7.86. The van der Waals surface area contributed by atoms with E-state index < -0.39 is 12.5 Å². The standard InChI is InChI=1S/C6H10BrF3O2/c7-3-1-2-4-12-5(11)6(8,9)10/h5,11H,1-4H2. The second-order valence-electron chi connectivity index (χ2n) is 2.16. The van der Waals surface area contributed by atoms with Gasteiger partial charge in [-0.25, -0.2) is 0 Å². The summed E-state index contributed by atoms with van der Waals surface area (Å²) in [6.45, 7) is -0.0771. The first-order chi connectivity index (χ1) is 5.48. The van der Waals surface area contributed by atoms with Gasteiger partial charge in [-0.15, -0.1) is 0 Å². The molecule has 0 aromatic heterocycles. The van der Waals surface area contributed by atoms with E-state index >= 15 is 0 Å². The highest BCUT2D eigenvalue weighted by Crippen LogP contribution is 2.20. The van der Waals surface area contributed by atoms with Crippen molar-refractivity contribution in [2.45, 2.75) is 25.3 Å². The Bertz CT molecular complexity index is 118. The Balaban J connectivity index is 3.38. The summed E-state index contributed by atoms with van der Waals surface area (Å²) >= 11 is 3.12. The quantitative estimate of drug-likeness (QED) is 0.460.